The van der Waals surface area contributed by atoms with Crippen LogP contribution in [0.5, 0.6) is 0 Å². The van der Waals surface area contributed by atoms with Gasteiger partial charge < -0.3 is 10.5 Å². The number of aromatic nitrogens is 4. The van der Waals surface area contributed by atoms with Crippen molar-refractivity contribution in [2.75, 3.05) is 12.8 Å². The third kappa shape index (κ3) is 1.70. The molecular formula is C9H9N5O2. The maximum atomic E-state index is 11.3. The van der Waals surface area contributed by atoms with Gasteiger partial charge in [0.1, 0.15) is 0 Å². The van der Waals surface area contributed by atoms with E-state index in [1.807, 2.05) is 0 Å². The smallest absolute Gasteiger partial charge is 0.360 e. The highest BCUT2D eigenvalue weighted by Crippen LogP contribution is 2.12. The largest absolute Gasteiger partial charge is 0.464 e. The Labute approximate surface area is 90.8 Å². The Kier molecular flexibility index (Phi) is 2.50. The van der Waals surface area contributed by atoms with Crippen molar-refractivity contribution in [2.24, 2.45) is 0 Å². The van der Waals surface area contributed by atoms with Crippen LogP contribution < -0.4 is 5.73 Å². The summed E-state index contributed by atoms with van der Waals surface area (Å²) in [7, 11) is 1.27. The highest BCUT2D eigenvalue weighted by Gasteiger charge is 2.15. The summed E-state index contributed by atoms with van der Waals surface area (Å²) in [6, 6.07) is 3.40. The maximum absolute atomic E-state index is 11.3. The van der Waals surface area contributed by atoms with E-state index in [4.69, 9.17) is 5.73 Å². The average Bonchev–Trinajstić information content (AvgIpc) is 2.71. The normalized spacial score (nSPS) is 10.1. The minimum atomic E-state index is -0.583. The second kappa shape index (κ2) is 3.97. The number of ether oxygens (including phenoxy) is 1. The van der Waals surface area contributed by atoms with Gasteiger partial charge >= 0.3 is 5.97 Å². The number of anilines is 1. The van der Waals surface area contributed by atoms with Gasteiger partial charge in [0.15, 0.2) is 11.5 Å². The molecule has 0 radical (unpaired) electrons. The van der Waals surface area contributed by atoms with Crippen molar-refractivity contribution >= 4 is 11.7 Å². The fourth-order valence-corrected chi connectivity index (χ4v) is 1.18. The first-order valence-corrected chi connectivity index (χ1v) is 4.44. The summed E-state index contributed by atoms with van der Waals surface area (Å²) in [5.41, 5.74) is 5.92. The van der Waals surface area contributed by atoms with Crippen LogP contribution in [0.1, 0.15) is 10.5 Å². The molecule has 0 saturated heterocycles. The topological polar surface area (TPSA) is 95.9 Å². The number of methoxy groups -OCH3 is 1. The Bertz CT molecular complexity index is 508. The van der Waals surface area contributed by atoms with Crippen LogP contribution in [-0.4, -0.2) is 33.1 Å². The Hall–Kier alpha value is -2.44. The summed E-state index contributed by atoms with van der Waals surface area (Å²) in [5.74, 6) is -0.107. The molecule has 2 rings (SSSR count). The molecule has 0 aliphatic carbocycles. The fourth-order valence-electron chi connectivity index (χ4n) is 1.18. The number of rotatable bonds is 2. The molecule has 0 unspecified atom stereocenters. The predicted octanol–water partition coefficient (Wildman–Crippen LogP) is 0.0311. The highest BCUT2D eigenvalue weighted by molar-refractivity contribution is 5.92. The van der Waals surface area contributed by atoms with Gasteiger partial charge in [-0.1, -0.05) is 0 Å². The summed E-state index contributed by atoms with van der Waals surface area (Å²) >= 11 is 0. The van der Waals surface area contributed by atoms with E-state index < -0.39 is 5.97 Å². The molecule has 82 valence electrons. The molecule has 7 heteroatoms. The molecule has 2 heterocycles. The molecule has 0 amide bonds. The van der Waals surface area contributed by atoms with Gasteiger partial charge in [-0.2, -0.15) is 10.2 Å². The first kappa shape index (κ1) is 10.1. The van der Waals surface area contributed by atoms with Crippen LogP contribution in [0.15, 0.2) is 24.5 Å². The van der Waals surface area contributed by atoms with Crippen LogP contribution >= 0.6 is 0 Å². The van der Waals surface area contributed by atoms with Crippen LogP contribution in [0.4, 0.5) is 5.69 Å². The number of esters is 1. The molecular weight excluding hydrogens is 210 g/mol. The van der Waals surface area contributed by atoms with E-state index in [0.29, 0.717) is 5.82 Å². The van der Waals surface area contributed by atoms with Crippen LogP contribution in [0, 0.1) is 0 Å². The molecule has 16 heavy (non-hydrogen) atoms. The van der Waals surface area contributed by atoms with Gasteiger partial charge in [-0.25, -0.2) is 9.48 Å². The van der Waals surface area contributed by atoms with Crippen LogP contribution in [0.3, 0.4) is 0 Å². The number of nitrogens with zero attached hydrogens (tertiary/aromatic N) is 4. The summed E-state index contributed by atoms with van der Waals surface area (Å²) in [5, 5.41) is 11.5. The van der Waals surface area contributed by atoms with E-state index in [1.54, 1.807) is 12.1 Å². The fraction of sp³-hybridized carbons (Fsp3) is 0.111. The monoisotopic (exact) mass is 219 g/mol. The number of hydrogen-bond acceptors (Lipinski definition) is 6. The lowest BCUT2D eigenvalue weighted by Crippen LogP contribution is -2.06. The van der Waals surface area contributed by atoms with E-state index in [1.165, 1.54) is 24.2 Å². The van der Waals surface area contributed by atoms with E-state index in [-0.39, 0.29) is 11.4 Å². The molecule has 0 spiro atoms. The predicted molar refractivity (Wildman–Crippen MR) is 54.9 cm³/mol. The Balaban J connectivity index is 2.42. The van der Waals surface area contributed by atoms with Crippen LogP contribution in [-0.2, 0) is 4.74 Å². The molecule has 2 aromatic rings. The van der Waals surface area contributed by atoms with Crippen molar-refractivity contribution in [3.05, 3.63) is 30.2 Å². The molecule has 0 atom stereocenters. The Morgan fingerprint density at radius 1 is 1.56 bits per heavy atom. The van der Waals surface area contributed by atoms with Crippen molar-refractivity contribution in [1.82, 2.24) is 20.0 Å². The van der Waals surface area contributed by atoms with Crippen molar-refractivity contribution in [3.63, 3.8) is 0 Å². The van der Waals surface area contributed by atoms with Crippen molar-refractivity contribution in [3.8, 4) is 5.82 Å². The summed E-state index contributed by atoms with van der Waals surface area (Å²) in [4.78, 5) is 11.3. The Morgan fingerprint density at radius 3 is 3.00 bits per heavy atom. The SMILES string of the molecule is COC(=O)c1nn(-c2cccnn2)cc1N. The lowest BCUT2D eigenvalue weighted by molar-refractivity contribution is 0.0594. The molecule has 0 saturated carbocycles. The van der Waals surface area contributed by atoms with E-state index in [2.05, 4.69) is 20.0 Å². The van der Waals surface area contributed by atoms with Crippen LogP contribution in [0.25, 0.3) is 5.82 Å². The Morgan fingerprint density at radius 2 is 2.38 bits per heavy atom. The number of nitrogens with two attached hydrogens (primary N) is 1. The number of carbonyl (C=O) groups excluding carboxylic acids is 1. The molecule has 0 aliphatic rings. The molecule has 0 aliphatic heterocycles. The molecule has 7 nitrogen and oxygen atoms in total. The summed E-state index contributed by atoms with van der Waals surface area (Å²) < 4.78 is 5.91. The van der Waals surface area contributed by atoms with Crippen LogP contribution in [0.2, 0.25) is 0 Å². The van der Waals surface area contributed by atoms with Gasteiger partial charge in [-0.3, -0.25) is 0 Å². The molecule has 0 bridgehead atoms. The minimum absolute atomic E-state index is 0.0631. The first-order chi connectivity index (χ1) is 7.72. The zero-order chi connectivity index (χ0) is 11.5. The second-order valence-corrected chi connectivity index (χ2v) is 2.95. The van der Waals surface area contributed by atoms with Gasteiger partial charge in [-0.15, -0.1) is 5.10 Å². The van der Waals surface area contributed by atoms with Gasteiger partial charge in [0, 0.05) is 6.20 Å². The zero-order valence-electron chi connectivity index (χ0n) is 8.49. The lowest BCUT2D eigenvalue weighted by Gasteiger charge is -1.96. The van der Waals surface area contributed by atoms with Crippen molar-refractivity contribution in [2.45, 2.75) is 0 Å². The van der Waals surface area contributed by atoms with Gasteiger partial charge in [-0.05, 0) is 12.1 Å². The van der Waals surface area contributed by atoms with Gasteiger partial charge in [0.2, 0.25) is 0 Å². The van der Waals surface area contributed by atoms with Gasteiger partial charge in [0.25, 0.3) is 0 Å². The van der Waals surface area contributed by atoms with Crippen molar-refractivity contribution in [1.29, 1.82) is 0 Å². The highest BCUT2D eigenvalue weighted by atomic mass is 16.5. The number of carbonyl (C=O) groups is 1. The average molecular weight is 219 g/mol. The maximum Gasteiger partial charge on any atom is 0.360 e. The second-order valence-electron chi connectivity index (χ2n) is 2.95. The lowest BCUT2D eigenvalue weighted by atomic mass is 10.4. The van der Waals surface area contributed by atoms with E-state index in [0.717, 1.165) is 0 Å². The van der Waals surface area contributed by atoms with E-state index in [9.17, 15) is 4.79 Å². The molecule has 0 fully saturated rings. The third-order valence-electron chi connectivity index (χ3n) is 1.91. The number of nitrogen functional groups attached to an aromatic ring is 1. The van der Waals surface area contributed by atoms with Gasteiger partial charge in [0.05, 0.1) is 19.0 Å². The first-order valence-electron chi connectivity index (χ1n) is 4.44. The van der Waals surface area contributed by atoms with Crippen molar-refractivity contribution < 1.29 is 9.53 Å². The zero-order valence-corrected chi connectivity index (χ0v) is 8.49. The minimum Gasteiger partial charge on any atom is -0.464 e. The summed E-state index contributed by atoms with van der Waals surface area (Å²) in [6.45, 7) is 0. The standard InChI is InChI=1S/C9H9N5O2/c1-16-9(15)8-6(10)5-14(13-8)7-3-2-4-11-12-7/h2-5H,10H2,1H3. The molecule has 2 N–H and O–H groups in total. The molecule has 2 aromatic heterocycles. The quantitative estimate of drug-likeness (QED) is 0.716. The third-order valence-corrected chi connectivity index (χ3v) is 1.91. The summed E-state index contributed by atoms with van der Waals surface area (Å²) in [6.07, 6.45) is 3.02. The number of hydrogen-bond donors (Lipinski definition) is 1. The molecule has 0 aromatic carbocycles. The van der Waals surface area contributed by atoms with E-state index >= 15 is 0 Å².